The van der Waals surface area contributed by atoms with E-state index in [4.69, 9.17) is 9.52 Å². The maximum Gasteiger partial charge on any atom is 0.129 e. The Bertz CT molecular complexity index is 282. The number of hydrogen-bond donors (Lipinski definition) is 1. The molecule has 1 rings (SSSR count). The molecule has 0 saturated heterocycles. The molecule has 66 valence electrons. The molecule has 2 heteroatoms. The van der Waals surface area contributed by atoms with E-state index in [-0.39, 0.29) is 0 Å². The quantitative estimate of drug-likeness (QED) is 0.731. The second kappa shape index (κ2) is 3.59. The van der Waals surface area contributed by atoms with Gasteiger partial charge in [-0.2, -0.15) is 0 Å². The van der Waals surface area contributed by atoms with Gasteiger partial charge in [0.2, 0.25) is 0 Å². The topological polar surface area (TPSA) is 33.4 Å². The molecular weight excluding hydrogens is 152 g/mol. The molecule has 0 radical (unpaired) electrons. The predicted octanol–water partition coefficient (Wildman–Crippen LogP) is 2.37. The molecule has 1 heterocycles. The lowest BCUT2D eigenvalue weighted by molar-refractivity contribution is 0.244. The molecule has 1 atom stereocenters. The van der Waals surface area contributed by atoms with E-state index in [0.29, 0.717) is 0 Å². The average Bonchev–Trinajstić information content (AvgIpc) is 2.34. The molecular formula is C10H14O2. The van der Waals surface area contributed by atoms with Crippen molar-refractivity contribution >= 4 is 5.57 Å². The number of rotatable bonds is 2. The smallest absolute Gasteiger partial charge is 0.129 e. The lowest BCUT2D eigenvalue weighted by Gasteiger charge is -1.98. The first kappa shape index (κ1) is 9.07. The highest BCUT2D eigenvalue weighted by Gasteiger charge is 2.01. The van der Waals surface area contributed by atoms with E-state index in [1.165, 1.54) is 0 Å². The zero-order valence-corrected chi connectivity index (χ0v) is 7.66. The zero-order chi connectivity index (χ0) is 9.14. The number of hydrogen-bond acceptors (Lipinski definition) is 2. The van der Waals surface area contributed by atoms with Crippen molar-refractivity contribution in [1.29, 1.82) is 0 Å². The summed E-state index contributed by atoms with van der Waals surface area (Å²) in [6, 6.07) is 3.82. The minimum atomic E-state index is -0.421. The molecule has 0 bridgehead atoms. The van der Waals surface area contributed by atoms with Crippen molar-refractivity contribution in [3.8, 4) is 0 Å². The zero-order valence-electron chi connectivity index (χ0n) is 7.66. The Balaban J connectivity index is 2.84. The summed E-state index contributed by atoms with van der Waals surface area (Å²) in [6.45, 7) is 5.55. The molecule has 12 heavy (non-hydrogen) atoms. The third-order valence-corrected chi connectivity index (χ3v) is 1.62. The highest BCUT2D eigenvalue weighted by Crippen LogP contribution is 2.16. The molecule has 1 N–H and O–H groups in total. The van der Waals surface area contributed by atoms with Gasteiger partial charge in [0.05, 0.1) is 6.10 Å². The molecule has 0 aromatic carbocycles. The third-order valence-electron chi connectivity index (χ3n) is 1.62. The van der Waals surface area contributed by atoms with Crippen molar-refractivity contribution in [3.63, 3.8) is 0 Å². The highest BCUT2D eigenvalue weighted by atomic mass is 16.3. The number of allylic oxidation sites excluding steroid dienone is 1. The summed E-state index contributed by atoms with van der Waals surface area (Å²) in [7, 11) is 0. The maximum atomic E-state index is 9.07. The van der Waals surface area contributed by atoms with Crippen molar-refractivity contribution in [2.75, 3.05) is 0 Å². The molecule has 0 aliphatic heterocycles. The number of aryl methyl sites for hydroxylation is 1. The lowest BCUT2D eigenvalue weighted by atomic mass is 10.2. The van der Waals surface area contributed by atoms with Crippen LogP contribution < -0.4 is 0 Å². The Morgan fingerprint density at radius 2 is 2.25 bits per heavy atom. The molecule has 0 spiro atoms. The third kappa shape index (κ3) is 2.24. The molecule has 0 saturated carbocycles. The van der Waals surface area contributed by atoms with E-state index in [1.54, 1.807) is 13.0 Å². The Labute approximate surface area is 72.5 Å². The number of aliphatic hydroxyl groups excluding tert-OH is 1. The summed E-state index contributed by atoms with van der Waals surface area (Å²) >= 11 is 0. The minimum absolute atomic E-state index is 0.421. The van der Waals surface area contributed by atoms with Crippen molar-refractivity contribution in [3.05, 3.63) is 29.7 Å². The van der Waals surface area contributed by atoms with Gasteiger partial charge in [-0.05, 0) is 44.6 Å². The Morgan fingerprint density at radius 1 is 1.58 bits per heavy atom. The van der Waals surface area contributed by atoms with Crippen molar-refractivity contribution in [2.24, 2.45) is 0 Å². The Kier molecular flexibility index (Phi) is 2.71. The molecule has 1 aromatic heterocycles. The Morgan fingerprint density at radius 3 is 2.67 bits per heavy atom. The van der Waals surface area contributed by atoms with Crippen LogP contribution in [0.3, 0.4) is 0 Å². The summed E-state index contributed by atoms with van der Waals surface area (Å²) in [5.74, 6) is 1.72. The van der Waals surface area contributed by atoms with Crippen LogP contribution in [0.5, 0.6) is 0 Å². The molecule has 1 aromatic rings. The second-order valence-corrected chi connectivity index (χ2v) is 3.00. The summed E-state index contributed by atoms with van der Waals surface area (Å²) in [6.07, 6.45) is 1.34. The monoisotopic (exact) mass is 166 g/mol. The van der Waals surface area contributed by atoms with Crippen LogP contribution in [0.2, 0.25) is 0 Å². The van der Waals surface area contributed by atoms with Crippen LogP contribution in [0.15, 0.2) is 22.6 Å². The minimum Gasteiger partial charge on any atom is -0.462 e. The van der Waals surface area contributed by atoms with Gasteiger partial charge in [-0.15, -0.1) is 0 Å². The second-order valence-electron chi connectivity index (χ2n) is 3.00. The van der Waals surface area contributed by atoms with E-state index in [2.05, 4.69) is 0 Å². The van der Waals surface area contributed by atoms with Gasteiger partial charge < -0.3 is 9.52 Å². The van der Waals surface area contributed by atoms with E-state index in [9.17, 15) is 0 Å². The van der Waals surface area contributed by atoms with Crippen molar-refractivity contribution in [1.82, 2.24) is 0 Å². The van der Waals surface area contributed by atoms with Gasteiger partial charge in [0.25, 0.3) is 0 Å². The van der Waals surface area contributed by atoms with E-state index in [1.807, 2.05) is 26.0 Å². The van der Waals surface area contributed by atoms with E-state index >= 15 is 0 Å². The van der Waals surface area contributed by atoms with Crippen LogP contribution in [0.1, 0.15) is 25.4 Å². The summed E-state index contributed by atoms with van der Waals surface area (Å²) < 4.78 is 5.37. The van der Waals surface area contributed by atoms with E-state index < -0.39 is 6.10 Å². The summed E-state index contributed by atoms with van der Waals surface area (Å²) in [5.41, 5.74) is 0.970. The van der Waals surface area contributed by atoms with Crippen molar-refractivity contribution in [2.45, 2.75) is 26.9 Å². The first-order chi connectivity index (χ1) is 5.59. The normalized spacial score (nSPS) is 14.8. The fourth-order valence-corrected chi connectivity index (χ4v) is 1.09. The first-order valence-electron chi connectivity index (χ1n) is 4.03. The summed E-state index contributed by atoms with van der Waals surface area (Å²) in [4.78, 5) is 0. The fraction of sp³-hybridized carbons (Fsp3) is 0.400. The van der Waals surface area contributed by atoms with Crippen LogP contribution in [-0.4, -0.2) is 11.2 Å². The SMILES string of the molecule is C/C(=C/C(C)O)c1ccc(C)o1. The molecule has 1 unspecified atom stereocenters. The number of furan rings is 1. The van der Waals surface area contributed by atoms with Gasteiger partial charge in [0.1, 0.15) is 11.5 Å². The van der Waals surface area contributed by atoms with Gasteiger partial charge in [0, 0.05) is 0 Å². The van der Waals surface area contributed by atoms with Crippen LogP contribution in [0.4, 0.5) is 0 Å². The molecule has 2 nitrogen and oxygen atoms in total. The largest absolute Gasteiger partial charge is 0.462 e. The lowest BCUT2D eigenvalue weighted by Crippen LogP contribution is -1.93. The van der Waals surface area contributed by atoms with Crippen molar-refractivity contribution < 1.29 is 9.52 Å². The van der Waals surface area contributed by atoms with E-state index in [0.717, 1.165) is 17.1 Å². The van der Waals surface area contributed by atoms with Gasteiger partial charge >= 0.3 is 0 Å². The fourth-order valence-electron chi connectivity index (χ4n) is 1.09. The first-order valence-corrected chi connectivity index (χ1v) is 4.03. The standard InChI is InChI=1S/C10H14O2/c1-7(6-8(2)11)10-5-4-9(3)12-10/h4-6,8,11H,1-3H3/b7-6-. The van der Waals surface area contributed by atoms with Gasteiger partial charge in [-0.3, -0.25) is 0 Å². The summed E-state index contributed by atoms with van der Waals surface area (Å²) in [5, 5.41) is 9.07. The van der Waals surface area contributed by atoms with Crippen LogP contribution in [-0.2, 0) is 0 Å². The van der Waals surface area contributed by atoms with Crippen LogP contribution in [0, 0.1) is 6.92 Å². The van der Waals surface area contributed by atoms with Gasteiger partial charge in [-0.1, -0.05) is 0 Å². The molecule has 0 fully saturated rings. The maximum absolute atomic E-state index is 9.07. The van der Waals surface area contributed by atoms with Gasteiger partial charge in [-0.25, -0.2) is 0 Å². The molecule has 0 aliphatic carbocycles. The predicted molar refractivity (Wildman–Crippen MR) is 48.8 cm³/mol. The number of aliphatic hydroxyl groups is 1. The average molecular weight is 166 g/mol. The van der Waals surface area contributed by atoms with Crippen LogP contribution in [0.25, 0.3) is 5.57 Å². The Hall–Kier alpha value is -1.02. The van der Waals surface area contributed by atoms with Gasteiger partial charge in [0.15, 0.2) is 0 Å². The molecule has 0 aliphatic rings. The van der Waals surface area contributed by atoms with Crippen LogP contribution >= 0.6 is 0 Å². The highest BCUT2D eigenvalue weighted by molar-refractivity contribution is 5.59. The molecule has 0 amide bonds.